The quantitative estimate of drug-likeness (QED) is 0.499. The van der Waals surface area contributed by atoms with Gasteiger partial charge in [-0.3, -0.25) is 4.79 Å². The van der Waals surface area contributed by atoms with Gasteiger partial charge in [0.2, 0.25) is 5.43 Å². The summed E-state index contributed by atoms with van der Waals surface area (Å²) in [5.41, 5.74) is 0.642. The number of aliphatic hydroxyl groups is 1. The van der Waals surface area contributed by atoms with Gasteiger partial charge in [0, 0.05) is 19.0 Å². The molecule has 2 aromatic carbocycles. The van der Waals surface area contributed by atoms with Gasteiger partial charge in [-0.05, 0) is 29.7 Å². The van der Waals surface area contributed by atoms with E-state index in [2.05, 4.69) is 4.74 Å². The average molecular weight is 450 g/mol. The zero-order valence-corrected chi connectivity index (χ0v) is 17.5. The SMILES string of the molecule is CCCOc1cc2c(cc1Cc1cccc(Cl)c1F)c(=O)c(OC(=O)O)cn2CCO. The van der Waals surface area contributed by atoms with Gasteiger partial charge in [-0.2, -0.15) is 0 Å². The fraction of sp³-hybridized carbons (Fsp3) is 0.273. The molecule has 0 aliphatic heterocycles. The monoisotopic (exact) mass is 449 g/mol. The van der Waals surface area contributed by atoms with Crippen LogP contribution in [0.15, 0.2) is 41.3 Å². The summed E-state index contributed by atoms with van der Waals surface area (Å²) in [6.07, 6.45) is 0.438. The lowest BCUT2D eigenvalue weighted by Gasteiger charge is -2.17. The number of carbonyl (C=O) groups is 1. The molecule has 0 spiro atoms. The van der Waals surface area contributed by atoms with Gasteiger partial charge in [-0.25, -0.2) is 9.18 Å². The number of rotatable bonds is 8. The number of hydrogen-bond acceptors (Lipinski definition) is 5. The Labute approximate surface area is 182 Å². The Morgan fingerprint density at radius 2 is 2.00 bits per heavy atom. The van der Waals surface area contributed by atoms with Gasteiger partial charge < -0.3 is 24.3 Å². The molecule has 0 saturated heterocycles. The second-order valence-corrected chi connectivity index (χ2v) is 7.23. The van der Waals surface area contributed by atoms with E-state index in [9.17, 15) is 19.1 Å². The van der Waals surface area contributed by atoms with Gasteiger partial charge in [-0.15, -0.1) is 0 Å². The third-order valence-electron chi connectivity index (χ3n) is 4.64. The third kappa shape index (κ3) is 4.98. The molecule has 3 aromatic rings. The van der Waals surface area contributed by atoms with E-state index in [0.717, 1.165) is 6.42 Å². The van der Waals surface area contributed by atoms with Crippen molar-refractivity contribution in [3.8, 4) is 11.5 Å². The smallest absolute Gasteiger partial charge is 0.493 e. The van der Waals surface area contributed by atoms with Gasteiger partial charge in [-0.1, -0.05) is 30.7 Å². The summed E-state index contributed by atoms with van der Waals surface area (Å²) >= 11 is 5.89. The molecule has 0 aliphatic rings. The highest BCUT2D eigenvalue weighted by atomic mass is 35.5. The molecule has 31 heavy (non-hydrogen) atoms. The maximum absolute atomic E-state index is 14.5. The molecule has 9 heteroatoms. The number of benzene rings is 2. The van der Waals surface area contributed by atoms with Crippen LogP contribution in [0.1, 0.15) is 24.5 Å². The molecular formula is C22H21ClFNO6. The normalized spacial score (nSPS) is 11.0. The summed E-state index contributed by atoms with van der Waals surface area (Å²) in [5.74, 6) is -0.506. The van der Waals surface area contributed by atoms with Crippen molar-refractivity contribution >= 4 is 28.7 Å². The minimum absolute atomic E-state index is 0.0169. The summed E-state index contributed by atoms with van der Waals surface area (Å²) in [5, 5.41) is 18.5. The zero-order valence-electron chi connectivity index (χ0n) is 16.7. The highest BCUT2D eigenvalue weighted by molar-refractivity contribution is 6.30. The summed E-state index contributed by atoms with van der Waals surface area (Å²) in [7, 11) is 0. The Morgan fingerprint density at radius 3 is 2.68 bits per heavy atom. The molecule has 0 atom stereocenters. The third-order valence-corrected chi connectivity index (χ3v) is 4.93. The Balaban J connectivity index is 2.23. The number of fused-ring (bicyclic) bond motifs is 1. The van der Waals surface area contributed by atoms with Crippen LogP contribution in [-0.2, 0) is 13.0 Å². The Morgan fingerprint density at radius 1 is 1.23 bits per heavy atom. The first-order valence-electron chi connectivity index (χ1n) is 9.63. The molecule has 3 rings (SSSR count). The molecular weight excluding hydrogens is 429 g/mol. The van der Waals surface area contributed by atoms with E-state index in [1.54, 1.807) is 18.2 Å². The molecule has 2 N–H and O–H groups in total. The van der Waals surface area contributed by atoms with Crippen molar-refractivity contribution in [2.75, 3.05) is 13.2 Å². The van der Waals surface area contributed by atoms with E-state index in [4.69, 9.17) is 21.4 Å². The fourth-order valence-corrected chi connectivity index (χ4v) is 3.46. The van der Waals surface area contributed by atoms with Crippen molar-refractivity contribution in [2.24, 2.45) is 0 Å². The molecule has 0 unspecified atom stereocenters. The maximum Gasteiger partial charge on any atom is 0.511 e. The average Bonchev–Trinajstić information content (AvgIpc) is 2.73. The minimum atomic E-state index is -1.63. The highest BCUT2D eigenvalue weighted by Gasteiger charge is 2.18. The van der Waals surface area contributed by atoms with Gasteiger partial charge >= 0.3 is 6.16 Å². The van der Waals surface area contributed by atoms with Gasteiger partial charge in [0.15, 0.2) is 5.75 Å². The van der Waals surface area contributed by atoms with Crippen LogP contribution in [0.4, 0.5) is 9.18 Å². The number of carboxylic acid groups (broad SMARTS) is 1. The molecule has 0 saturated carbocycles. The Hall–Kier alpha value is -3.10. The minimum Gasteiger partial charge on any atom is -0.493 e. The van der Waals surface area contributed by atoms with Crippen molar-refractivity contribution in [3.63, 3.8) is 0 Å². The van der Waals surface area contributed by atoms with Crippen LogP contribution < -0.4 is 14.9 Å². The molecule has 0 bridgehead atoms. The van der Waals surface area contributed by atoms with E-state index >= 15 is 0 Å². The number of aromatic nitrogens is 1. The van der Waals surface area contributed by atoms with E-state index in [0.29, 0.717) is 29.0 Å². The van der Waals surface area contributed by atoms with Crippen molar-refractivity contribution in [3.05, 3.63) is 68.7 Å². The first kappa shape index (κ1) is 22.6. The molecule has 164 valence electrons. The topological polar surface area (TPSA) is 98.0 Å². The number of hydrogen-bond donors (Lipinski definition) is 2. The molecule has 0 aliphatic carbocycles. The predicted molar refractivity (Wildman–Crippen MR) is 114 cm³/mol. The van der Waals surface area contributed by atoms with Crippen molar-refractivity contribution < 1.29 is 28.9 Å². The largest absolute Gasteiger partial charge is 0.511 e. The lowest BCUT2D eigenvalue weighted by molar-refractivity contribution is 0.143. The van der Waals surface area contributed by atoms with E-state index in [1.165, 1.54) is 22.9 Å². The number of halogens is 2. The van der Waals surface area contributed by atoms with E-state index < -0.39 is 23.2 Å². The highest BCUT2D eigenvalue weighted by Crippen LogP contribution is 2.30. The van der Waals surface area contributed by atoms with Crippen LogP contribution in [0.25, 0.3) is 10.9 Å². The molecule has 0 radical (unpaired) electrons. The van der Waals surface area contributed by atoms with Crippen molar-refractivity contribution in [2.45, 2.75) is 26.3 Å². The van der Waals surface area contributed by atoms with Gasteiger partial charge in [0.05, 0.1) is 35.3 Å². The zero-order chi connectivity index (χ0) is 22.5. The summed E-state index contributed by atoms with van der Waals surface area (Å²) < 4.78 is 26.5. The number of pyridine rings is 1. The van der Waals surface area contributed by atoms with Crippen LogP contribution in [0.5, 0.6) is 11.5 Å². The Bertz CT molecular complexity index is 1180. The van der Waals surface area contributed by atoms with Crippen LogP contribution in [0.2, 0.25) is 5.02 Å². The summed E-state index contributed by atoms with van der Waals surface area (Å²) in [4.78, 5) is 23.9. The van der Waals surface area contributed by atoms with Crippen LogP contribution in [0, 0.1) is 5.82 Å². The van der Waals surface area contributed by atoms with E-state index in [1.807, 2.05) is 6.92 Å². The first-order chi connectivity index (χ1) is 14.8. The molecule has 1 aromatic heterocycles. The first-order valence-corrected chi connectivity index (χ1v) is 10.0. The van der Waals surface area contributed by atoms with Gasteiger partial charge in [0.25, 0.3) is 0 Å². The van der Waals surface area contributed by atoms with E-state index in [-0.39, 0.29) is 30.0 Å². The second kappa shape index (κ2) is 9.80. The molecule has 0 fully saturated rings. The lowest BCUT2D eigenvalue weighted by Crippen LogP contribution is -2.17. The summed E-state index contributed by atoms with van der Waals surface area (Å²) in [6, 6.07) is 7.82. The fourth-order valence-electron chi connectivity index (χ4n) is 3.27. The van der Waals surface area contributed by atoms with Crippen LogP contribution in [-0.4, -0.2) is 34.1 Å². The predicted octanol–water partition coefficient (Wildman–Crippen LogP) is 4.22. The Kier molecular flexibility index (Phi) is 7.14. The molecule has 0 amide bonds. The van der Waals surface area contributed by atoms with Crippen molar-refractivity contribution in [1.29, 1.82) is 0 Å². The lowest BCUT2D eigenvalue weighted by atomic mass is 10.0. The summed E-state index contributed by atoms with van der Waals surface area (Å²) in [6.45, 7) is 2.20. The molecule has 1 heterocycles. The molecule has 7 nitrogen and oxygen atoms in total. The van der Waals surface area contributed by atoms with Crippen LogP contribution in [0.3, 0.4) is 0 Å². The second-order valence-electron chi connectivity index (χ2n) is 6.82. The van der Waals surface area contributed by atoms with Crippen LogP contribution >= 0.6 is 11.6 Å². The number of nitrogens with zero attached hydrogens (tertiary/aromatic N) is 1. The van der Waals surface area contributed by atoms with Crippen molar-refractivity contribution in [1.82, 2.24) is 4.57 Å². The number of ether oxygens (including phenoxy) is 2. The standard InChI is InChI=1S/C22H21ClFNO6/c1-2-8-30-18-11-17-15(10-14(18)9-13-4-3-5-16(23)20(13)24)21(27)19(31-22(28)29)12-25(17)6-7-26/h3-5,10-12,26H,2,6-9H2,1H3,(H,28,29). The van der Waals surface area contributed by atoms with Gasteiger partial charge in [0.1, 0.15) is 11.6 Å². The number of aliphatic hydroxyl groups excluding tert-OH is 1. The maximum atomic E-state index is 14.5.